The van der Waals surface area contributed by atoms with Gasteiger partial charge in [0.15, 0.2) is 0 Å². The van der Waals surface area contributed by atoms with Crippen molar-refractivity contribution in [1.82, 2.24) is 9.80 Å². The molecule has 1 fully saturated rings. The Balaban J connectivity index is 1.85. The molecule has 0 saturated carbocycles. The van der Waals surface area contributed by atoms with Gasteiger partial charge in [0.25, 0.3) is 5.91 Å². The molecule has 3 rings (SSSR count). The second-order valence-electron chi connectivity index (χ2n) is 5.99. The lowest BCUT2D eigenvalue weighted by molar-refractivity contribution is -0.127. The van der Waals surface area contributed by atoms with Crippen molar-refractivity contribution < 1.29 is 14.3 Å². The maximum absolute atomic E-state index is 12.4. The number of fused-ring (bicyclic) bond motifs is 1. The minimum Gasteiger partial charge on any atom is -0.491 e. The summed E-state index contributed by atoms with van der Waals surface area (Å²) in [6.07, 6.45) is 0.672. The van der Waals surface area contributed by atoms with Crippen LogP contribution in [0.5, 0.6) is 5.75 Å². The molecule has 2 heterocycles. The highest BCUT2D eigenvalue weighted by atomic mass is 16.5. The van der Waals surface area contributed by atoms with Crippen LogP contribution in [0.25, 0.3) is 0 Å². The zero-order valence-electron chi connectivity index (χ0n) is 12.6. The third-order valence-corrected chi connectivity index (χ3v) is 4.25. The van der Waals surface area contributed by atoms with Crippen molar-refractivity contribution in [2.24, 2.45) is 0 Å². The molecule has 5 nitrogen and oxygen atoms in total. The van der Waals surface area contributed by atoms with Crippen LogP contribution in [0.1, 0.15) is 25.0 Å². The van der Waals surface area contributed by atoms with E-state index in [0.29, 0.717) is 13.0 Å². The fourth-order valence-corrected chi connectivity index (χ4v) is 3.02. The van der Waals surface area contributed by atoms with E-state index in [1.165, 1.54) is 4.90 Å². The molecular formula is C16H20N2O3. The Morgan fingerprint density at radius 2 is 2.05 bits per heavy atom. The quantitative estimate of drug-likeness (QED) is 0.782. The summed E-state index contributed by atoms with van der Waals surface area (Å²) in [6.45, 7) is 6.42. The largest absolute Gasteiger partial charge is 0.491 e. The second-order valence-corrected chi connectivity index (χ2v) is 5.99. The number of carbonyl (C=O) groups is 2. The summed E-state index contributed by atoms with van der Waals surface area (Å²) < 4.78 is 5.76. The van der Waals surface area contributed by atoms with Gasteiger partial charge < -0.3 is 9.64 Å². The number of hydrogen-bond donors (Lipinski definition) is 0. The summed E-state index contributed by atoms with van der Waals surface area (Å²) in [7, 11) is 0. The standard InChI is InChI=1S/C16H20N2O3/c1-10(2)17-8-15(19)18(16(17)20)12-7-13-11(3)5-4-6-14(13)21-9-12/h4-6,10,12H,7-9H2,1-3H3. The molecule has 112 valence electrons. The average Bonchev–Trinajstić information content (AvgIpc) is 2.74. The summed E-state index contributed by atoms with van der Waals surface area (Å²) in [6, 6.07) is 5.56. The number of carbonyl (C=O) groups excluding carboxylic acids is 2. The summed E-state index contributed by atoms with van der Waals surface area (Å²) in [5, 5.41) is 0. The number of amides is 3. The van der Waals surface area contributed by atoms with E-state index in [9.17, 15) is 9.59 Å². The molecule has 3 amide bonds. The zero-order chi connectivity index (χ0) is 15.1. The van der Waals surface area contributed by atoms with Gasteiger partial charge in [0.2, 0.25) is 0 Å². The van der Waals surface area contributed by atoms with E-state index in [-0.39, 0.29) is 30.6 Å². The Morgan fingerprint density at radius 1 is 1.29 bits per heavy atom. The molecule has 2 aliphatic heterocycles. The Labute approximate surface area is 124 Å². The summed E-state index contributed by atoms with van der Waals surface area (Å²) in [5.41, 5.74) is 2.23. The number of hydrogen-bond acceptors (Lipinski definition) is 3. The molecule has 2 aliphatic rings. The maximum Gasteiger partial charge on any atom is 0.327 e. The van der Waals surface area contributed by atoms with E-state index in [4.69, 9.17) is 4.74 Å². The van der Waals surface area contributed by atoms with Crippen molar-refractivity contribution in [3.8, 4) is 5.75 Å². The normalized spacial score (nSPS) is 21.8. The highest BCUT2D eigenvalue weighted by molar-refractivity contribution is 6.02. The van der Waals surface area contributed by atoms with E-state index in [1.807, 2.05) is 39.0 Å². The third kappa shape index (κ3) is 2.26. The average molecular weight is 288 g/mol. The number of benzene rings is 1. The predicted molar refractivity (Wildman–Crippen MR) is 78.3 cm³/mol. The van der Waals surface area contributed by atoms with Crippen molar-refractivity contribution in [3.05, 3.63) is 29.3 Å². The van der Waals surface area contributed by atoms with E-state index >= 15 is 0 Å². The molecule has 0 spiro atoms. The molecule has 0 radical (unpaired) electrons. The minimum absolute atomic E-state index is 0.0324. The first kappa shape index (κ1) is 13.9. The van der Waals surface area contributed by atoms with E-state index in [0.717, 1.165) is 16.9 Å². The Hall–Kier alpha value is -2.04. The van der Waals surface area contributed by atoms with Gasteiger partial charge in [0, 0.05) is 12.5 Å². The number of nitrogens with zero attached hydrogens (tertiary/aromatic N) is 2. The Kier molecular flexibility index (Phi) is 3.35. The number of imide groups is 1. The third-order valence-electron chi connectivity index (χ3n) is 4.25. The van der Waals surface area contributed by atoms with Gasteiger partial charge in [-0.3, -0.25) is 9.69 Å². The van der Waals surface area contributed by atoms with E-state index < -0.39 is 0 Å². The molecule has 1 saturated heterocycles. The molecule has 21 heavy (non-hydrogen) atoms. The first-order valence-corrected chi connectivity index (χ1v) is 7.33. The lowest BCUT2D eigenvalue weighted by Crippen LogP contribution is -2.48. The van der Waals surface area contributed by atoms with Crippen LogP contribution in [0.3, 0.4) is 0 Å². The van der Waals surface area contributed by atoms with Crippen molar-refractivity contribution in [1.29, 1.82) is 0 Å². The van der Waals surface area contributed by atoms with Crippen LogP contribution in [-0.4, -0.2) is 47.0 Å². The van der Waals surface area contributed by atoms with Crippen molar-refractivity contribution >= 4 is 11.9 Å². The molecule has 1 unspecified atom stereocenters. The van der Waals surface area contributed by atoms with Gasteiger partial charge in [-0.25, -0.2) is 4.79 Å². The lowest BCUT2D eigenvalue weighted by Gasteiger charge is -2.32. The van der Waals surface area contributed by atoms with Crippen LogP contribution in [0.2, 0.25) is 0 Å². The first-order chi connectivity index (χ1) is 9.99. The molecule has 1 aromatic rings. The smallest absolute Gasteiger partial charge is 0.327 e. The lowest BCUT2D eigenvalue weighted by atomic mass is 9.97. The molecule has 0 aromatic heterocycles. The fourth-order valence-electron chi connectivity index (χ4n) is 3.02. The van der Waals surface area contributed by atoms with Crippen LogP contribution in [0.15, 0.2) is 18.2 Å². The molecule has 5 heteroatoms. The van der Waals surface area contributed by atoms with Crippen molar-refractivity contribution in [2.45, 2.75) is 39.3 Å². The van der Waals surface area contributed by atoms with Gasteiger partial charge in [-0.1, -0.05) is 12.1 Å². The van der Waals surface area contributed by atoms with Gasteiger partial charge in [-0.05, 0) is 38.0 Å². The van der Waals surface area contributed by atoms with Gasteiger partial charge in [0.05, 0.1) is 6.04 Å². The van der Waals surface area contributed by atoms with Crippen molar-refractivity contribution in [3.63, 3.8) is 0 Å². The van der Waals surface area contributed by atoms with Gasteiger partial charge in [0.1, 0.15) is 18.9 Å². The van der Waals surface area contributed by atoms with Gasteiger partial charge >= 0.3 is 6.03 Å². The number of rotatable bonds is 2. The molecule has 0 bridgehead atoms. The number of urea groups is 1. The SMILES string of the molecule is Cc1cccc2c1CC(N1C(=O)CN(C(C)C)C1=O)CO2. The minimum atomic E-state index is -0.206. The highest BCUT2D eigenvalue weighted by Crippen LogP contribution is 2.30. The second kappa shape index (κ2) is 5.06. The predicted octanol–water partition coefficient (Wildman–Crippen LogP) is 1.97. The van der Waals surface area contributed by atoms with E-state index in [2.05, 4.69) is 0 Å². The summed E-state index contributed by atoms with van der Waals surface area (Å²) in [4.78, 5) is 27.6. The number of aryl methyl sites for hydroxylation is 1. The number of ether oxygens (including phenoxy) is 1. The molecule has 1 atom stereocenters. The van der Waals surface area contributed by atoms with Crippen LogP contribution in [-0.2, 0) is 11.2 Å². The van der Waals surface area contributed by atoms with Crippen LogP contribution in [0.4, 0.5) is 4.79 Å². The summed E-state index contributed by atoms with van der Waals surface area (Å²) >= 11 is 0. The van der Waals surface area contributed by atoms with Crippen LogP contribution in [0, 0.1) is 6.92 Å². The topological polar surface area (TPSA) is 49.9 Å². The monoisotopic (exact) mass is 288 g/mol. The van der Waals surface area contributed by atoms with Gasteiger partial charge in [-0.2, -0.15) is 0 Å². The Bertz CT molecular complexity index is 597. The highest BCUT2D eigenvalue weighted by Gasteiger charge is 2.43. The Morgan fingerprint density at radius 3 is 2.71 bits per heavy atom. The van der Waals surface area contributed by atoms with Crippen LogP contribution < -0.4 is 4.74 Å². The molecule has 0 N–H and O–H groups in total. The molecule has 0 aliphatic carbocycles. The fraction of sp³-hybridized carbons (Fsp3) is 0.500. The molecule has 1 aromatic carbocycles. The first-order valence-electron chi connectivity index (χ1n) is 7.33. The zero-order valence-corrected chi connectivity index (χ0v) is 12.6. The van der Waals surface area contributed by atoms with Gasteiger partial charge in [-0.15, -0.1) is 0 Å². The molecular weight excluding hydrogens is 268 g/mol. The van der Waals surface area contributed by atoms with Crippen LogP contribution >= 0.6 is 0 Å². The summed E-state index contributed by atoms with van der Waals surface area (Å²) in [5.74, 6) is 0.741. The maximum atomic E-state index is 12.4. The van der Waals surface area contributed by atoms with Crippen molar-refractivity contribution in [2.75, 3.05) is 13.2 Å². The van der Waals surface area contributed by atoms with E-state index in [1.54, 1.807) is 4.90 Å².